The lowest BCUT2D eigenvalue weighted by Gasteiger charge is -2.00. The molecule has 68 valence electrons. The largest absolute Gasteiger partial charge is 0.370 e. The van der Waals surface area contributed by atoms with Gasteiger partial charge in [0.25, 0.3) is 0 Å². The van der Waals surface area contributed by atoms with Crippen LogP contribution in [0, 0.1) is 0 Å². The van der Waals surface area contributed by atoms with E-state index >= 15 is 0 Å². The highest BCUT2D eigenvalue weighted by Crippen LogP contribution is 2.06. The second-order valence-electron chi connectivity index (χ2n) is 2.77. The molecule has 0 spiro atoms. The third-order valence-electron chi connectivity index (χ3n) is 1.54. The summed E-state index contributed by atoms with van der Waals surface area (Å²) in [6, 6.07) is 9.92. The molecule has 0 aliphatic heterocycles. The van der Waals surface area contributed by atoms with Gasteiger partial charge in [-0.2, -0.15) is 0 Å². The van der Waals surface area contributed by atoms with Crippen LogP contribution in [0.5, 0.6) is 0 Å². The fraction of sp³-hybridized carbons (Fsp3) is 0.100. The normalized spacial score (nSPS) is 9.23. The number of aliphatic imine (C=N–C) groups is 1. The molecule has 3 heteroatoms. The fourth-order valence-corrected chi connectivity index (χ4v) is 1.05. The number of nitrogens with zero attached hydrogens (tertiary/aromatic N) is 1. The Kier molecular flexibility index (Phi) is 3.09. The highest BCUT2D eigenvalue weighted by Gasteiger charge is 1.94. The maximum absolute atomic E-state index is 5.21. The molecule has 0 radical (unpaired) electrons. The summed E-state index contributed by atoms with van der Waals surface area (Å²) >= 11 is 0. The zero-order chi connectivity index (χ0) is 9.68. The second-order valence-corrected chi connectivity index (χ2v) is 2.77. The van der Waals surface area contributed by atoms with Crippen LogP contribution in [0.4, 0.5) is 0 Å². The number of allylic oxidation sites excluding steroid dienone is 1. The molecular formula is C10H13N3. The van der Waals surface area contributed by atoms with E-state index in [0.717, 1.165) is 5.56 Å². The van der Waals surface area contributed by atoms with Crippen molar-refractivity contribution in [2.24, 2.45) is 16.5 Å². The minimum atomic E-state index is 0.0564. The molecule has 1 aromatic rings. The Morgan fingerprint density at radius 2 is 1.85 bits per heavy atom. The first-order valence-electron chi connectivity index (χ1n) is 4.00. The van der Waals surface area contributed by atoms with Gasteiger partial charge in [0.15, 0.2) is 5.96 Å². The summed E-state index contributed by atoms with van der Waals surface area (Å²) in [6.07, 6.45) is 0.679. The summed E-state index contributed by atoms with van der Waals surface area (Å²) in [4.78, 5) is 3.85. The van der Waals surface area contributed by atoms with Crippen molar-refractivity contribution < 1.29 is 0 Å². The van der Waals surface area contributed by atoms with E-state index in [2.05, 4.69) is 11.6 Å². The first-order valence-corrected chi connectivity index (χ1v) is 4.00. The standard InChI is InChI=1S/C10H13N3/c1-8(13-10(11)12)7-9-5-3-2-4-6-9/h2-6H,1,7H2,(H4,11,12,13). The summed E-state index contributed by atoms with van der Waals surface area (Å²) in [5.74, 6) is 0.0564. The Labute approximate surface area is 77.8 Å². The van der Waals surface area contributed by atoms with Gasteiger partial charge in [-0.25, -0.2) is 4.99 Å². The SMILES string of the molecule is C=C(Cc1ccccc1)N=C(N)N. The second kappa shape index (κ2) is 4.30. The van der Waals surface area contributed by atoms with Crippen LogP contribution in [0.25, 0.3) is 0 Å². The van der Waals surface area contributed by atoms with Gasteiger partial charge in [0.1, 0.15) is 0 Å². The highest BCUT2D eigenvalue weighted by atomic mass is 15.0. The lowest BCUT2D eigenvalue weighted by molar-refractivity contribution is 1.11. The molecule has 0 bridgehead atoms. The molecule has 4 N–H and O–H groups in total. The van der Waals surface area contributed by atoms with Gasteiger partial charge in [0.2, 0.25) is 0 Å². The molecule has 0 atom stereocenters. The third-order valence-corrected chi connectivity index (χ3v) is 1.54. The quantitative estimate of drug-likeness (QED) is 0.532. The van der Waals surface area contributed by atoms with E-state index in [-0.39, 0.29) is 5.96 Å². The van der Waals surface area contributed by atoms with Crippen molar-refractivity contribution in [2.45, 2.75) is 6.42 Å². The van der Waals surface area contributed by atoms with E-state index in [1.54, 1.807) is 0 Å². The van der Waals surface area contributed by atoms with Crippen LogP contribution in [-0.4, -0.2) is 5.96 Å². The molecule has 0 aliphatic carbocycles. The lowest BCUT2D eigenvalue weighted by atomic mass is 10.1. The zero-order valence-corrected chi connectivity index (χ0v) is 7.40. The topological polar surface area (TPSA) is 64.4 Å². The number of guanidine groups is 1. The molecule has 0 unspecified atom stereocenters. The molecule has 1 aromatic carbocycles. The van der Waals surface area contributed by atoms with Crippen molar-refractivity contribution in [2.75, 3.05) is 0 Å². The number of rotatable bonds is 3. The molecule has 0 fully saturated rings. The van der Waals surface area contributed by atoms with E-state index < -0.39 is 0 Å². The van der Waals surface area contributed by atoms with E-state index in [9.17, 15) is 0 Å². The average molecular weight is 175 g/mol. The summed E-state index contributed by atoms with van der Waals surface area (Å²) in [6.45, 7) is 3.74. The van der Waals surface area contributed by atoms with Crippen LogP contribution in [-0.2, 0) is 6.42 Å². The van der Waals surface area contributed by atoms with Crippen LogP contribution in [0.1, 0.15) is 5.56 Å². The van der Waals surface area contributed by atoms with Crippen LogP contribution < -0.4 is 11.5 Å². The lowest BCUT2D eigenvalue weighted by Crippen LogP contribution is -2.22. The molecule has 0 aromatic heterocycles. The van der Waals surface area contributed by atoms with Gasteiger partial charge in [-0.05, 0) is 5.56 Å². The number of hydrogen-bond donors (Lipinski definition) is 2. The minimum absolute atomic E-state index is 0.0564. The average Bonchev–Trinajstić information content (AvgIpc) is 2.04. The number of benzene rings is 1. The number of hydrogen-bond acceptors (Lipinski definition) is 1. The Balaban J connectivity index is 2.61. The van der Waals surface area contributed by atoms with E-state index in [0.29, 0.717) is 12.1 Å². The molecular weight excluding hydrogens is 162 g/mol. The Morgan fingerprint density at radius 3 is 2.38 bits per heavy atom. The van der Waals surface area contributed by atoms with Crippen LogP contribution in [0.3, 0.4) is 0 Å². The van der Waals surface area contributed by atoms with Gasteiger partial charge in [-0.15, -0.1) is 0 Å². The predicted molar refractivity (Wildman–Crippen MR) is 55.1 cm³/mol. The molecule has 0 aliphatic rings. The van der Waals surface area contributed by atoms with Gasteiger partial charge in [-0.1, -0.05) is 36.9 Å². The molecule has 0 saturated heterocycles. The van der Waals surface area contributed by atoms with Gasteiger partial charge >= 0.3 is 0 Å². The predicted octanol–water partition coefficient (Wildman–Crippen LogP) is 1.02. The molecule has 3 nitrogen and oxygen atoms in total. The summed E-state index contributed by atoms with van der Waals surface area (Å²) in [5.41, 5.74) is 12.3. The summed E-state index contributed by atoms with van der Waals surface area (Å²) in [5, 5.41) is 0. The highest BCUT2D eigenvalue weighted by molar-refractivity contribution is 5.76. The monoisotopic (exact) mass is 175 g/mol. The zero-order valence-electron chi connectivity index (χ0n) is 7.40. The maximum Gasteiger partial charge on any atom is 0.190 e. The van der Waals surface area contributed by atoms with Crippen LogP contribution in [0.15, 0.2) is 47.6 Å². The first-order chi connectivity index (χ1) is 6.18. The van der Waals surface area contributed by atoms with Crippen molar-refractivity contribution >= 4 is 5.96 Å². The fourth-order valence-electron chi connectivity index (χ4n) is 1.05. The van der Waals surface area contributed by atoms with Crippen molar-refractivity contribution in [3.8, 4) is 0 Å². The number of nitrogens with two attached hydrogens (primary N) is 2. The van der Waals surface area contributed by atoms with E-state index in [4.69, 9.17) is 11.5 Å². The smallest absolute Gasteiger partial charge is 0.190 e. The van der Waals surface area contributed by atoms with E-state index in [1.807, 2.05) is 30.3 Å². The Bertz CT molecular complexity index is 310. The molecule has 0 saturated carbocycles. The van der Waals surface area contributed by atoms with Crippen LogP contribution in [0.2, 0.25) is 0 Å². The van der Waals surface area contributed by atoms with E-state index in [1.165, 1.54) is 0 Å². The third kappa shape index (κ3) is 3.42. The van der Waals surface area contributed by atoms with Gasteiger partial charge < -0.3 is 11.5 Å². The van der Waals surface area contributed by atoms with Crippen molar-refractivity contribution in [3.63, 3.8) is 0 Å². The molecule has 13 heavy (non-hydrogen) atoms. The van der Waals surface area contributed by atoms with Gasteiger partial charge in [-0.3, -0.25) is 0 Å². The Morgan fingerprint density at radius 1 is 1.23 bits per heavy atom. The maximum atomic E-state index is 5.21. The molecule has 1 rings (SSSR count). The first kappa shape index (κ1) is 9.32. The molecule has 0 heterocycles. The minimum Gasteiger partial charge on any atom is -0.370 e. The van der Waals surface area contributed by atoms with Crippen molar-refractivity contribution in [1.82, 2.24) is 0 Å². The van der Waals surface area contributed by atoms with Crippen molar-refractivity contribution in [3.05, 3.63) is 48.2 Å². The van der Waals surface area contributed by atoms with Gasteiger partial charge in [0, 0.05) is 12.1 Å². The summed E-state index contributed by atoms with van der Waals surface area (Å²) in [7, 11) is 0. The Hall–Kier alpha value is -1.77. The molecule has 0 amide bonds. The van der Waals surface area contributed by atoms with Crippen molar-refractivity contribution in [1.29, 1.82) is 0 Å². The summed E-state index contributed by atoms with van der Waals surface area (Å²) < 4.78 is 0. The van der Waals surface area contributed by atoms with Crippen LogP contribution >= 0.6 is 0 Å². The van der Waals surface area contributed by atoms with Gasteiger partial charge in [0.05, 0.1) is 0 Å².